The third kappa shape index (κ3) is 3.20. The van der Waals surface area contributed by atoms with E-state index < -0.39 is 10.5 Å². The molecule has 2 heterocycles. The minimum atomic E-state index is -0.545. The third-order valence-electron chi connectivity index (χ3n) is 3.61. The summed E-state index contributed by atoms with van der Waals surface area (Å²) in [6, 6.07) is 5.10. The highest BCUT2D eigenvalue weighted by atomic mass is 32.1. The molecule has 1 aliphatic heterocycles. The van der Waals surface area contributed by atoms with E-state index in [1.165, 1.54) is 12.1 Å². The molecular formula is C13H16N4O3S. The lowest BCUT2D eigenvalue weighted by molar-refractivity contribution is -0.380. The van der Waals surface area contributed by atoms with E-state index in [-0.39, 0.29) is 10.9 Å². The number of carbonyl (C=O) groups is 1. The van der Waals surface area contributed by atoms with Gasteiger partial charge in [0.25, 0.3) is 5.91 Å². The third-order valence-corrected chi connectivity index (χ3v) is 4.64. The summed E-state index contributed by atoms with van der Waals surface area (Å²) >= 11 is 0.897. The predicted octanol–water partition coefficient (Wildman–Crippen LogP) is 1.72. The zero-order valence-corrected chi connectivity index (χ0v) is 12.7. The Hall–Kier alpha value is -1.98. The maximum absolute atomic E-state index is 12.3. The molecule has 0 aliphatic carbocycles. The van der Waals surface area contributed by atoms with Crippen molar-refractivity contribution in [2.24, 2.45) is 0 Å². The van der Waals surface area contributed by atoms with Gasteiger partial charge < -0.3 is 4.90 Å². The van der Waals surface area contributed by atoms with Crippen LogP contribution in [0, 0.1) is 21.4 Å². The van der Waals surface area contributed by atoms with Gasteiger partial charge in [0.1, 0.15) is 5.54 Å². The van der Waals surface area contributed by atoms with E-state index in [0.29, 0.717) is 31.1 Å². The fraction of sp³-hybridized carbons (Fsp3) is 0.538. The molecule has 0 atom stereocenters. The molecule has 0 saturated carbocycles. The van der Waals surface area contributed by atoms with Crippen LogP contribution in [0.5, 0.6) is 0 Å². The number of hydrogen-bond donors (Lipinski definition) is 0. The van der Waals surface area contributed by atoms with Gasteiger partial charge in [0, 0.05) is 32.2 Å². The average Bonchev–Trinajstić information content (AvgIpc) is 2.96. The molecule has 1 amide bonds. The standard InChI is InChI=1S/C13H16N4O3S/c1-13(2,9-14)16-7-5-15(6-8-16)12(18)10-3-4-11(21-10)17(19)20/h3-4H,5-8H2,1-2H3. The van der Waals surface area contributed by atoms with Crippen LogP contribution in [0.3, 0.4) is 0 Å². The van der Waals surface area contributed by atoms with E-state index in [9.17, 15) is 14.9 Å². The number of piperazine rings is 1. The summed E-state index contributed by atoms with van der Waals surface area (Å²) in [5.74, 6) is -0.178. The second-order valence-corrected chi connectivity index (χ2v) is 6.41. The first-order valence-electron chi connectivity index (χ1n) is 6.55. The maximum atomic E-state index is 12.3. The summed E-state index contributed by atoms with van der Waals surface area (Å²) in [6.45, 7) is 6.01. The van der Waals surface area contributed by atoms with Gasteiger partial charge in [-0.15, -0.1) is 0 Å². The molecule has 1 aromatic rings. The average molecular weight is 308 g/mol. The van der Waals surface area contributed by atoms with Crippen molar-refractivity contribution < 1.29 is 9.72 Å². The number of nitriles is 1. The van der Waals surface area contributed by atoms with Gasteiger partial charge in [0.2, 0.25) is 0 Å². The minimum Gasteiger partial charge on any atom is -0.335 e. The highest BCUT2D eigenvalue weighted by Gasteiger charge is 2.32. The molecule has 0 N–H and O–H groups in total. The predicted molar refractivity (Wildman–Crippen MR) is 78.1 cm³/mol. The van der Waals surface area contributed by atoms with Crippen molar-refractivity contribution in [1.29, 1.82) is 5.26 Å². The molecule has 1 saturated heterocycles. The topological polar surface area (TPSA) is 90.5 Å². The first-order valence-corrected chi connectivity index (χ1v) is 7.36. The number of carbonyl (C=O) groups excluding carboxylic acids is 1. The summed E-state index contributed by atoms with van der Waals surface area (Å²) in [6.07, 6.45) is 0. The molecule has 1 fully saturated rings. The van der Waals surface area contributed by atoms with Crippen molar-refractivity contribution in [2.75, 3.05) is 26.2 Å². The lowest BCUT2D eigenvalue weighted by Crippen LogP contribution is -2.55. The Bertz CT molecular complexity index is 597. The molecule has 0 bridgehead atoms. The minimum absolute atomic E-state index is 0.0254. The molecule has 112 valence electrons. The molecule has 2 rings (SSSR count). The zero-order chi connectivity index (χ0) is 15.6. The van der Waals surface area contributed by atoms with E-state index in [2.05, 4.69) is 6.07 Å². The van der Waals surface area contributed by atoms with Crippen LogP contribution in [-0.4, -0.2) is 52.3 Å². The fourth-order valence-electron chi connectivity index (χ4n) is 2.24. The Morgan fingerprint density at radius 2 is 2.00 bits per heavy atom. The summed E-state index contributed by atoms with van der Waals surface area (Å²) < 4.78 is 0. The Morgan fingerprint density at radius 3 is 2.48 bits per heavy atom. The van der Waals surface area contributed by atoms with E-state index >= 15 is 0 Å². The summed E-state index contributed by atoms with van der Waals surface area (Å²) in [5.41, 5.74) is -0.545. The monoisotopic (exact) mass is 308 g/mol. The zero-order valence-electron chi connectivity index (χ0n) is 11.9. The SMILES string of the molecule is CC(C)(C#N)N1CCN(C(=O)c2ccc([N+](=O)[O-])s2)CC1. The van der Waals surface area contributed by atoms with Crippen LogP contribution in [0.4, 0.5) is 5.00 Å². The normalized spacial score (nSPS) is 16.5. The summed E-state index contributed by atoms with van der Waals surface area (Å²) in [5, 5.41) is 19.7. The lowest BCUT2D eigenvalue weighted by Gasteiger charge is -2.40. The first-order chi connectivity index (χ1) is 9.85. The van der Waals surface area contributed by atoms with Crippen molar-refractivity contribution in [3.05, 3.63) is 27.1 Å². The highest BCUT2D eigenvalue weighted by molar-refractivity contribution is 7.17. The Kier molecular flexibility index (Phi) is 4.25. The van der Waals surface area contributed by atoms with Gasteiger partial charge in [-0.25, -0.2) is 0 Å². The van der Waals surface area contributed by atoms with E-state index in [1.807, 2.05) is 18.7 Å². The number of nitro groups is 1. The van der Waals surface area contributed by atoms with E-state index in [4.69, 9.17) is 5.26 Å². The van der Waals surface area contributed by atoms with Gasteiger partial charge in [-0.1, -0.05) is 11.3 Å². The van der Waals surface area contributed by atoms with Gasteiger partial charge >= 0.3 is 5.00 Å². The van der Waals surface area contributed by atoms with E-state index in [0.717, 1.165) is 11.3 Å². The molecule has 0 unspecified atom stereocenters. The molecule has 1 aliphatic rings. The molecule has 21 heavy (non-hydrogen) atoms. The second kappa shape index (κ2) is 5.79. The number of nitrogens with zero attached hydrogens (tertiary/aromatic N) is 4. The highest BCUT2D eigenvalue weighted by Crippen LogP contribution is 2.26. The van der Waals surface area contributed by atoms with Gasteiger partial charge in [-0.05, 0) is 19.9 Å². The van der Waals surface area contributed by atoms with Gasteiger partial charge in [0.05, 0.1) is 15.9 Å². The Labute approximate surface area is 126 Å². The van der Waals surface area contributed by atoms with Crippen LogP contribution in [0.1, 0.15) is 23.5 Å². The van der Waals surface area contributed by atoms with Crippen LogP contribution in [0.2, 0.25) is 0 Å². The first kappa shape index (κ1) is 15.4. The Balaban J connectivity index is 2.00. The maximum Gasteiger partial charge on any atom is 0.324 e. The Morgan fingerprint density at radius 1 is 1.38 bits per heavy atom. The van der Waals surface area contributed by atoms with Gasteiger partial charge in [-0.2, -0.15) is 5.26 Å². The van der Waals surface area contributed by atoms with Crippen LogP contribution in [-0.2, 0) is 0 Å². The summed E-state index contributed by atoms with van der Waals surface area (Å²) in [4.78, 5) is 26.6. The van der Waals surface area contributed by atoms with E-state index in [1.54, 1.807) is 4.90 Å². The molecule has 0 radical (unpaired) electrons. The fourth-order valence-corrected chi connectivity index (χ4v) is 3.02. The van der Waals surface area contributed by atoms with Gasteiger partial charge in [0.15, 0.2) is 0 Å². The molecule has 1 aromatic heterocycles. The van der Waals surface area contributed by atoms with Crippen LogP contribution in [0.15, 0.2) is 12.1 Å². The molecular weight excluding hydrogens is 292 g/mol. The molecule has 8 heteroatoms. The van der Waals surface area contributed by atoms with Crippen molar-refractivity contribution in [3.8, 4) is 6.07 Å². The van der Waals surface area contributed by atoms with Crippen molar-refractivity contribution in [2.45, 2.75) is 19.4 Å². The quantitative estimate of drug-likeness (QED) is 0.626. The number of hydrogen-bond acceptors (Lipinski definition) is 6. The molecule has 7 nitrogen and oxygen atoms in total. The van der Waals surface area contributed by atoms with Crippen LogP contribution >= 0.6 is 11.3 Å². The number of thiophene rings is 1. The van der Waals surface area contributed by atoms with Crippen molar-refractivity contribution >= 4 is 22.2 Å². The number of rotatable bonds is 3. The van der Waals surface area contributed by atoms with Crippen molar-refractivity contribution in [1.82, 2.24) is 9.80 Å². The van der Waals surface area contributed by atoms with Crippen molar-refractivity contribution in [3.63, 3.8) is 0 Å². The molecule has 0 aromatic carbocycles. The van der Waals surface area contributed by atoms with Gasteiger partial charge in [-0.3, -0.25) is 19.8 Å². The van der Waals surface area contributed by atoms with Crippen LogP contribution in [0.25, 0.3) is 0 Å². The van der Waals surface area contributed by atoms with Crippen LogP contribution < -0.4 is 0 Å². The summed E-state index contributed by atoms with van der Waals surface area (Å²) in [7, 11) is 0. The number of amides is 1. The smallest absolute Gasteiger partial charge is 0.324 e. The molecule has 0 spiro atoms. The largest absolute Gasteiger partial charge is 0.335 e. The lowest BCUT2D eigenvalue weighted by atomic mass is 10.0. The second-order valence-electron chi connectivity index (χ2n) is 5.35.